The van der Waals surface area contributed by atoms with Crippen LogP contribution in [0.5, 0.6) is 0 Å². The van der Waals surface area contributed by atoms with E-state index in [-0.39, 0.29) is 5.91 Å². The van der Waals surface area contributed by atoms with Gasteiger partial charge in [0.05, 0.1) is 6.04 Å². The number of likely N-dealkylation sites (tertiary alicyclic amines) is 1. The molecule has 5 heteroatoms. The van der Waals surface area contributed by atoms with E-state index in [1.807, 2.05) is 0 Å². The molecular weight excluding hydrogens is 194 g/mol. The second-order valence-electron chi connectivity index (χ2n) is 3.72. The maximum absolute atomic E-state index is 11.8. The molecule has 0 aromatic carbocycles. The van der Waals surface area contributed by atoms with Gasteiger partial charge < -0.3 is 16.4 Å². The molecule has 0 spiro atoms. The lowest BCUT2D eigenvalue weighted by atomic mass is 10.1. The lowest BCUT2D eigenvalue weighted by Gasteiger charge is -2.24. The Morgan fingerprint density at radius 3 is 2.80 bits per heavy atom. The van der Waals surface area contributed by atoms with Gasteiger partial charge >= 0.3 is 0 Å². The summed E-state index contributed by atoms with van der Waals surface area (Å²) < 4.78 is 0. The van der Waals surface area contributed by atoms with Crippen molar-refractivity contribution < 1.29 is 9.59 Å². The third-order valence-electron chi connectivity index (χ3n) is 2.60. The molecule has 2 amide bonds. The molecule has 1 aliphatic heterocycles. The van der Waals surface area contributed by atoms with Gasteiger partial charge in [-0.2, -0.15) is 0 Å². The maximum atomic E-state index is 11.8. The number of amides is 2. The van der Waals surface area contributed by atoms with E-state index in [1.54, 1.807) is 6.08 Å². The molecule has 2 atom stereocenters. The Balaban J connectivity index is 2.65. The monoisotopic (exact) mass is 211 g/mol. The van der Waals surface area contributed by atoms with Crippen LogP contribution in [0.25, 0.3) is 0 Å². The smallest absolute Gasteiger partial charge is 0.240 e. The van der Waals surface area contributed by atoms with Gasteiger partial charge in [-0.3, -0.25) is 9.59 Å². The van der Waals surface area contributed by atoms with E-state index < -0.39 is 18.0 Å². The summed E-state index contributed by atoms with van der Waals surface area (Å²) in [5.41, 5.74) is 10.9. The summed E-state index contributed by atoms with van der Waals surface area (Å²) in [5.74, 6) is -0.664. The second kappa shape index (κ2) is 4.93. The van der Waals surface area contributed by atoms with Gasteiger partial charge in [0.25, 0.3) is 0 Å². The third-order valence-corrected chi connectivity index (χ3v) is 2.60. The van der Waals surface area contributed by atoms with Crippen molar-refractivity contribution in [3.05, 3.63) is 12.7 Å². The van der Waals surface area contributed by atoms with E-state index in [0.717, 1.165) is 6.42 Å². The van der Waals surface area contributed by atoms with Gasteiger partial charge in [-0.25, -0.2) is 0 Å². The first-order valence-corrected chi connectivity index (χ1v) is 5.04. The number of carbonyl (C=O) groups is 2. The quantitative estimate of drug-likeness (QED) is 0.606. The van der Waals surface area contributed by atoms with Crippen molar-refractivity contribution in [2.45, 2.75) is 31.3 Å². The largest absolute Gasteiger partial charge is 0.368 e. The Bertz CT molecular complexity index is 278. The summed E-state index contributed by atoms with van der Waals surface area (Å²) >= 11 is 0. The molecular formula is C10H17N3O2. The van der Waals surface area contributed by atoms with Crippen LogP contribution >= 0.6 is 0 Å². The molecule has 1 rings (SSSR count). The maximum Gasteiger partial charge on any atom is 0.240 e. The number of hydrogen-bond acceptors (Lipinski definition) is 3. The highest BCUT2D eigenvalue weighted by atomic mass is 16.2. The van der Waals surface area contributed by atoms with Crippen molar-refractivity contribution in [2.24, 2.45) is 11.5 Å². The van der Waals surface area contributed by atoms with Crippen LogP contribution in [0.4, 0.5) is 0 Å². The zero-order chi connectivity index (χ0) is 11.4. The second-order valence-corrected chi connectivity index (χ2v) is 3.72. The summed E-state index contributed by atoms with van der Waals surface area (Å²) in [5, 5.41) is 0. The van der Waals surface area contributed by atoms with Crippen molar-refractivity contribution in [3.8, 4) is 0 Å². The number of hydrogen-bond donors (Lipinski definition) is 2. The van der Waals surface area contributed by atoms with Crippen molar-refractivity contribution in [1.82, 2.24) is 4.90 Å². The number of primary amides is 1. The highest BCUT2D eigenvalue weighted by molar-refractivity contribution is 5.89. The predicted octanol–water partition coefficient (Wildman–Crippen LogP) is -0.634. The van der Waals surface area contributed by atoms with Crippen molar-refractivity contribution in [3.63, 3.8) is 0 Å². The minimum Gasteiger partial charge on any atom is -0.368 e. The van der Waals surface area contributed by atoms with E-state index in [1.165, 1.54) is 4.90 Å². The first-order chi connectivity index (χ1) is 7.07. The fourth-order valence-corrected chi connectivity index (χ4v) is 1.82. The number of rotatable bonds is 4. The van der Waals surface area contributed by atoms with Gasteiger partial charge in [-0.1, -0.05) is 6.08 Å². The standard InChI is InChI=1S/C10H17N3O2/c1-2-4-7(11)10(15)13-6-3-5-8(13)9(12)14/h2,7-8H,1,3-6,11H2,(H2,12,14). The summed E-state index contributed by atoms with van der Waals surface area (Å²) in [7, 11) is 0. The summed E-state index contributed by atoms with van der Waals surface area (Å²) in [6.07, 6.45) is 3.46. The topological polar surface area (TPSA) is 89.4 Å². The van der Waals surface area contributed by atoms with Gasteiger partial charge in [0, 0.05) is 6.54 Å². The lowest BCUT2D eigenvalue weighted by Crippen LogP contribution is -2.49. The predicted molar refractivity (Wildman–Crippen MR) is 56.7 cm³/mol. The Labute approximate surface area is 89.1 Å². The zero-order valence-corrected chi connectivity index (χ0v) is 8.69. The molecule has 1 aliphatic rings. The van der Waals surface area contributed by atoms with Crippen LogP contribution in [0, 0.1) is 0 Å². The molecule has 5 nitrogen and oxygen atoms in total. The molecule has 2 unspecified atom stereocenters. The zero-order valence-electron chi connectivity index (χ0n) is 8.69. The van der Waals surface area contributed by atoms with Crippen molar-refractivity contribution >= 4 is 11.8 Å². The summed E-state index contributed by atoms with van der Waals surface area (Å²) in [4.78, 5) is 24.3. The minimum atomic E-state index is -0.609. The number of nitrogens with two attached hydrogens (primary N) is 2. The molecule has 15 heavy (non-hydrogen) atoms. The number of carbonyl (C=O) groups excluding carboxylic acids is 2. The van der Waals surface area contributed by atoms with Gasteiger partial charge in [0.1, 0.15) is 6.04 Å². The SMILES string of the molecule is C=CCC(N)C(=O)N1CCCC1C(N)=O. The van der Waals surface area contributed by atoms with Crippen LogP contribution in [-0.4, -0.2) is 35.3 Å². The average molecular weight is 211 g/mol. The van der Waals surface area contributed by atoms with Crippen LogP contribution in [0.2, 0.25) is 0 Å². The first-order valence-electron chi connectivity index (χ1n) is 5.04. The summed E-state index contributed by atoms with van der Waals surface area (Å²) in [6.45, 7) is 4.09. The van der Waals surface area contributed by atoms with Crippen LogP contribution in [0.1, 0.15) is 19.3 Å². The normalized spacial score (nSPS) is 22.5. The molecule has 1 fully saturated rings. The van der Waals surface area contributed by atoms with Gasteiger partial charge in [-0.15, -0.1) is 6.58 Å². The highest BCUT2D eigenvalue weighted by Gasteiger charge is 2.34. The molecule has 1 heterocycles. The van der Waals surface area contributed by atoms with Crippen LogP contribution in [-0.2, 0) is 9.59 Å². The minimum absolute atomic E-state index is 0.212. The van der Waals surface area contributed by atoms with Gasteiger partial charge in [-0.05, 0) is 19.3 Å². The number of nitrogens with zero attached hydrogens (tertiary/aromatic N) is 1. The Hall–Kier alpha value is -1.36. The molecule has 0 aliphatic carbocycles. The van der Waals surface area contributed by atoms with Gasteiger partial charge in [0.2, 0.25) is 11.8 Å². The molecule has 0 aromatic heterocycles. The van der Waals surface area contributed by atoms with Crippen molar-refractivity contribution in [1.29, 1.82) is 0 Å². The Morgan fingerprint density at radius 2 is 2.27 bits per heavy atom. The van der Waals surface area contributed by atoms with E-state index in [2.05, 4.69) is 6.58 Å². The van der Waals surface area contributed by atoms with Crippen LogP contribution in [0.15, 0.2) is 12.7 Å². The van der Waals surface area contributed by atoms with E-state index in [4.69, 9.17) is 11.5 Å². The van der Waals surface area contributed by atoms with Crippen LogP contribution < -0.4 is 11.5 Å². The lowest BCUT2D eigenvalue weighted by molar-refractivity contribution is -0.138. The Morgan fingerprint density at radius 1 is 1.60 bits per heavy atom. The first kappa shape index (κ1) is 11.7. The highest BCUT2D eigenvalue weighted by Crippen LogP contribution is 2.18. The molecule has 84 valence electrons. The molecule has 0 aromatic rings. The molecule has 1 saturated heterocycles. The van der Waals surface area contributed by atoms with E-state index >= 15 is 0 Å². The van der Waals surface area contributed by atoms with E-state index in [0.29, 0.717) is 19.4 Å². The fourth-order valence-electron chi connectivity index (χ4n) is 1.82. The van der Waals surface area contributed by atoms with Crippen LogP contribution in [0.3, 0.4) is 0 Å². The molecule has 0 saturated carbocycles. The third kappa shape index (κ3) is 2.56. The Kier molecular flexibility index (Phi) is 3.85. The van der Waals surface area contributed by atoms with Gasteiger partial charge in [0.15, 0.2) is 0 Å². The van der Waals surface area contributed by atoms with Crippen molar-refractivity contribution in [2.75, 3.05) is 6.54 Å². The molecule has 4 N–H and O–H groups in total. The molecule has 0 bridgehead atoms. The molecule has 0 radical (unpaired) electrons. The average Bonchev–Trinajstić information content (AvgIpc) is 2.65. The van der Waals surface area contributed by atoms with E-state index in [9.17, 15) is 9.59 Å². The fraction of sp³-hybridized carbons (Fsp3) is 0.600. The summed E-state index contributed by atoms with van der Waals surface area (Å²) in [6, 6.07) is -1.09.